The molecule has 2 amide bonds. The molecule has 452 valence electrons. The standard InChI is InChI=1S/2C33H36FN3O6.Ca/c2*1-20(2)31-30(33(42)36-24-8-10-27(43-3)11-9-24)29(21-12-15-35-16-13-21)32(22-4-6-23(34)7-5-22)37(31)17-14-25(38)18-26(39)19-28(40)41;/h2*4-13,15-16,20,25-26,38-39H,14,17-19H2,1-3H3,(H,36,42)(H,40,41);/q;;+2/p-2/t2*25-,26-;/m11./s1. The number of carbonyl (C=O) groups excluding carboxylic acids is 4. The SMILES string of the molecule is COc1ccc(NC(=O)c2c(-c3ccncc3)c(-c3ccc(F)cc3)n(CC[C@@H](O)C[C@@H](O)CC(=O)[O-])c2C(C)C)cc1.COc1ccc(NC(=O)c2c(-c3ccncc3)c(-c3ccc(F)cc3)n(CC[C@@H](O)C[C@@H](O)CC(=O)[O-])c2C(C)C)cc1.[Ca+2]. The number of carbonyl (C=O) groups is 4. The van der Waals surface area contributed by atoms with Gasteiger partial charge in [-0.15, -0.1) is 0 Å². The Morgan fingerprint density at radius 1 is 0.494 bits per heavy atom. The molecule has 0 saturated heterocycles. The molecular formula is C66H70CaF2N6O12. The van der Waals surface area contributed by atoms with Gasteiger partial charge in [-0.05, 0) is 181 Å². The number of aliphatic hydroxyl groups excluding tert-OH is 4. The molecule has 4 heterocycles. The van der Waals surface area contributed by atoms with E-state index in [0.29, 0.717) is 79.0 Å². The maximum atomic E-state index is 14.1. The Hall–Kier alpha value is -7.82. The Kier molecular flexibility index (Phi) is 25.3. The third-order valence-electron chi connectivity index (χ3n) is 14.3. The number of carboxylic acids is 2. The number of aliphatic hydroxyl groups is 4. The Labute approximate surface area is 533 Å². The Morgan fingerprint density at radius 3 is 1.10 bits per heavy atom. The molecule has 0 aliphatic carbocycles. The van der Waals surface area contributed by atoms with E-state index in [1.54, 1.807) is 136 Å². The molecule has 0 fully saturated rings. The van der Waals surface area contributed by atoms with Gasteiger partial charge in [0.2, 0.25) is 0 Å². The zero-order chi connectivity index (χ0) is 62.2. The van der Waals surface area contributed by atoms with Crippen molar-refractivity contribution < 1.29 is 68.1 Å². The van der Waals surface area contributed by atoms with Crippen LogP contribution in [0.5, 0.6) is 11.5 Å². The maximum Gasteiger partial charge on any atom is 2.00 e. The van der Waals surface area contributed by atoms with Crippen LogP contribution in [0.2, 0.25) is 0 Å². The van der Waals surface area contributed by atoms with Crippen LogP contribution in [0.3, 0.4) is 0 Å². The second-order valence-corrected chi connectivity index (χ2v) is 21.2. The van der Waals surface area contributed by atoms with Crippen LogP contribution in [-0.4, -0.2) is 140 Å². The second-order valence-electron chi connectivity index (χ2n) is 21.2. The van der Waals surface area contributed by atoms with Crippen LogP contribution < -0.4 is 30.3 Å². The van der Waals surface area contributed by atoms with Crippen LogP contribution in [0.1, 0.15) is 110 Å². The van der Waals surface area contributed by atoms with Gasteiger partial charge in [-0.3, -0.25) is 19.6 Å². The summed E-state index contributed by atoms with van der Waals surface area (Å²) in [4.78, 5) is 58.4. The number of carboxylic acid groups (broad SMARTS) is 2. The van der Waals surface area contributed by atoms with Crippen molar-refractivity contribution in [3.05, 3.63) is 180 Å². The van der Waals surface area contributed by atoms with Crippen molar-refractivity contribution in [2.75, 3.05) is 24.9 Å². The van der Waals surface area contributed by atoms with Gasteiger partial charge in [0.1, 0.15) is 23.1 Å². The molecule has 0 spiro atoms. The van der Waals surface area contributed by atoms with Gasteiger partial charge >= 0.3 is 37.7 Å². The third-order valence-corrected chi connectivity index (χ3v) is 14.3. The van der Waals surface area contributed by atoms with Crippen LogP contribution in [0.25, 0.3) is 44.8 Å². The molecule has 0 aliphatic heterocycles. The summed E-state index contributed by atoms with van der Waals surface area (Å²) in [5.74, 6) is -3.37. The molecule has 0 bridgehead atoms. The minimum atomic E-state index is -1.40. The quantitative estimate of drug-likeness (QED) is 0.0278. The molecule has 21 heteroatoms. The van der Waals surface area contributed by atoms with E-state index in [2.05, 4.69) is 20.6 Å². The summed E-state index contributed by atoms with van der Waals surface area (Å²) in [5, 5.41) is 69.3. The predicted molar refractivity (Wildman–Crippen MR) is 324 cm³/mol. The fourth-order valence-corrected chi connectivity index (χ4v) is 10.5. The predicted octanol–water partition coefficient (Wildman–Crippen LogP) is 8.38. The summed E-state index contributed by atoms with van der Waals surface area (Å²) < 4.78 is 42.4. The number of halogens is 2. The van der Waals surface area contributed by atoms with E-state index in [-0.39, 0.29) is 100 Å². The van der Waals surface area contributed by atoms with E-state index in [0.717, 1.165) is 11.1 Å². The number of hydrogen-bond acceptors (Lipinski definition) is 14. The number of pyridine rings is 2. The molecule has 8 aromatic rings. The molecular weight excluding hydrogens is 1150 g/mol. The van der Waals surface area contributed by atoms with Gasteiger partial charge < -0.3 is 69.5 Å². The molecule has 6 N–H and O–H groups in total. The molecule has 18 nitrogen and oxygen atoms in total. The second kappa shape index (κ2) is 32.2. The minimum absolute atomic E-state index is 0. The molecule has 4 atom stereocenters. The maximum absolute atomic E-state index is 14.1. The van der Waals surface area contributed by atoms with E-state index in [1.807, 2.05) is 36.8 Å². The van der Waals surface area contributed by atoms with Crippen molar-refractivity contribution in [3.63, 3.8) is 0 Å². The van der Waals surface area contributed by atoms with E-state index >= 15 is 0 Å². The molecule has 0 aliphatic rings. The monoisotopic (exact) mass is 1220 g/mol. The van der Waals surface area contributed by atoms with Gasteiger partial charge in [0.05, 0.1) is 61.2 Å². The number of benzene rings is 4. The topological polar surface area (TPSA) is 273 Å². The van der Waals surface area contributed by atoms with Crippen molar-refractivity contribution in [3.8, 4) is 56.3 Å². The Bertz CT molecular complexity index is 3310. The summed E-state index contributed by atoms with van der Waals surface area (Å²) in [6.07, 6.45) is 0.776. The third kappa shape index (κ3) is 18.1. The number of ether oxygens (including phenoxy) is 2. The number of amides is 2. The number of aromatic nitrogens is 4. The molecule has 8 rings (SSSR count). The number of nitrogens with zero attached hydrogens (tertiary/aromatic N) is 4. The summed E-state index contributed by atoms with van der Waals surface area (Å²) in [7, 11) is 3.12. The number of rotatable bonds is 26. The molecule has 0 radical (unpaired) electrons. The summed E-state index contributed by atoms with van der Waals surface area (Å²) in [5.41, 5.74) is 8.66. The molecule has 0 saturated carbocycles. The van der Waals surface area contributed by atoms with Gasteiger partial charge in [0, 0.05) is 96.5 Å². The van der Waals surface area contributed by atoms with Gasteiger partial charge in [-0.2, -0.15) is 0 Å². The normalized spacial score (nSPS) is 12.5. The van der Waals surface area contributed by atoms with E-state index in [1.165, 1.54) is 24.3 Å². The first kappa shape index (κ1) is 68.3. The van der Waals surface area contributed by atoms with Gasteiger partial charge in [0.25, 0.3) is 11.8 Å². The first-order valence-electron chi connectivity index (χ1n) is 28.1. The summed E-state index contributed by atoms with van der Waals surface area (Å²) in [6, 6.07) is 33.1. The number of nitrogens with one attached hydrogen (secondary N) is 2. The zero-order valence-corrected chi connectivity index (χ0v) is 51.5. The van der Waals surface area contributed by atoms with E-state index < -0.39 is 60.8 Å². The average molecular weight is 1220 g/mol. The summed E-state index contributed by atoms with van der Waals surface area (Å²) in [6.45, 7) is 8.30. The van der Waals surface area contributed by atoms with E-state index in [9.17, 15) is 58.6 Å². The average Bonchev–Trinajstić information content (AvgIpc) is 1.63. The van der Waals surface area contributed by atoms with Crippen molar-refractivity contribution in [2.24, 2.45) is 0 Å². The first-order chi connectivity index (χ1) is 41.2. The smallest absolute Gasteiger partial charge is 0.550 e. The van der Waals surface area contributed by atoms with Crippen LogP contribution >= 0.6 is 0 Å². The molecule has 4 aromatic heterocycles. The van der Waals surface area contributed by atoms with Gasteiger partial charge in [0.15, 0.2) is 0 Å². The number of anilines is 2. The van der Waals surface area contributed by atoms with Crippen LogP contribution in [-0.2, 0) is 22.7 Å². The van der Waals surface area contributed by atoms with Crippen LogP contribution in [0, 0.1) is 11.6 Å². The van der Waals surface area contributed by atoms with Crippen molar-refractivity contribution in [1.29, 1.82) is 0 Å². The molecule has 4 aromatic carbocycles. The van der Waals surface area contributed by atoms with E-state index in [4.69, 9.17) is 9.47 Å². The zero-order valence-electron chi connectivity index (χ0n) is 49.3. The minimum Gasteiger partial charge on any atom is -0.550 e. The fourth-order valence-electron chi connectivity index (χ4n) is 10.5. The number of hydrogen-bond donors (Lipinski definition) is 6. The van der Waals surface area contributed by atoms with Crippen LogP contribution in [0.15, 0.2) is 146 Å². The summed E-state index contributed by atoms with van der Waals surface area (Å²) >= 11 is 0. The van der Waals surface area contributed by atoms with Crippen molar-refractivity contribution in [2.45, 2.75) is 116 Å². The van der Waals surface area contributed by atoms with Crippen molar-refractivity contribution >= 4 is 72.9 Å². The Morgan fingerprint density at radius 2 is 0.816 bits per heavy atom. The van der Waals surface area contributed by atoms with Gasteiger partial charge in [-0.1, -0.05) is 27.7 Å². The molecule has 0 unspecified atom stereocenters. The van der Waals surface area contributed by atoms with Crippen molar-refractivity contribution in [1.82, 2.24) is 19.1 Å². The fraction of sp³-hybridized carbons (Fsp3) is 0.303. The van der Waals surface area contributed by atoms with Crippen LogP contribution in [0.4, 0.5) is 20.2 Å². The van der Waals surface area contributed by atoms with Gasteiger partial charge in [-0.25, -0.2) is 8.78 Å². The largest absolute Gasteiger partial charge is 2.00 e. The number of methoxy groups -OCH3 is 2. The Balaban J connectivity index is 0.000000275. The first-order valence-corrected chi connectivity index (χ1v) is 28.1. The number of aliphatic carboxylic acids is 2. The molecule has 87 heavy (non-hydrogen) atoms.